The molecule has 0 atom stereocenters. The van der Waals surface area contributed by atoms with Gasteiger partial charge in [-0.05, 0) is 25.0 Å². The highest BCUT2D eigenvalue weighted by Gasteiger charge is 2.33. The number of urea groups is 1. The van der Waals surface area contributed by atoms with Crippen molar-refractivity contribution in [3.05, 3.63) is 30.3 Å². The van der Waals surface area contributed by atoms with Gasteiger partial charge in [0.15, 0.2) is 0 Å². The zero-order chi connectivity index (χ0) is 13.2. The van der Waals surface area contributed by atoms with Gasteiger partial charge in [-0.2, -0.15) is 0 Å². The van der Waals surface area contributed by atoms with Crippen molar-refractivity contribution in [2.24, 2.45) is 0 Å². The molecule has 0 N–H and O–H groups in total. The summed E-state index contributed by atoms with van der Waals surface area (Å²) in [5, 5.41) is 0. The second-order valence-corrected chi connectivity index (χ2v) is 5.87. The number of carbonyl (C=O) groups excluding carboxylic acids is 1. The summed E-state index contributed by atoms with van der Waals surface area (Å²) >= 11 is 3.41. The molecule has 0 spiro atoms. The van der Waals surface area contributed by atoms with E-state index in [-0.39, 0.29) is 6.03 Å². The third-order valence-electron chi connectivity index (χ3n) is 4.05. The fraction of sp³-hybridized carbons (Fsp3) is 0.500. The van der Waals surface area contributed by atoms with Gasteiger partial charge in [0, 0.05) is 32.2 Å². The molecule has 3 fully saturated rings. The van der Waals surface area contributed by atoms with Gasteiger partial charge in [0.05, 0.1) is 21.8 Å². The minimum atomic E-state index is 0.0555. The van der Waals surface area contributed by atoms with Crippen LogP contribution in [-0.4, -0.2) is 48.1 Å². The van der Waals surface area contributed by atoms with Crippen molar-refractivity contribution in [3.8, 4) is 0 Å². The lowest BCUT2D eigenvalue weighted by Crippen LogP contribution is -2.45. The molecule has 3 heterocycles. The summed E-state index contributed by atoms with van der Waals surface area (Å²) in [4.78, 5) is 17.1. The van der Waals surface area contributed by atoms with E-state index in [0.29, 0.717) is 6.04 Å². The van der Waals surface area contributed by atoms with Crippen LogP contribution in [0.2, 0.25) is 0 Å². The smallest absolute Gasteiger partial charge is 0.319 e. The van der Waals surface area contributed by atoms with Gasteiger partial charge < -0.3 is 9.80 Å². The van der Waals surface area contributed by atoms with Gasteiger partial charge in [-0.3, -0.25) is 0 Å². The monoisotopic (exact) mass is 323 g/mol. The molecule has 1 aromatic carbocycles. The first kappa shape index (κ1) is 12.9. The van der Waals surface area contributed by atoms with Crippen molar-refractivity contribution in [1.82, 2.24) is 9.80 Å². The Bertz CT molecular complexity index is 445. The van der Waals surface area contributed by atoms with E-state index in [4.69, 9.17) is 0 Å². The van der Waals surface area contributed by atoms with E-state index in [9.17, 15) is 4.79 Å². The quantitative estimate of drug-likeness (QED) is 0.743. The maximum Gasteiger partial charge on any atom is 0.335 e. The van der Waals surface area contributed by atoms with Crippen molar-refractivity contribution < 1.29 is 4.79 Å². The predicted molar refractivity (Wildman–Crippen MR) is 79.4 cm³/mol. The van der Waals surface area contributed by atoms with E-state index in [2.05, 4.69) is 21.0 Å². The number of hydrogen-bond donors (Lipinski definition) is 0. The molecular weight excluding hydrogens is 306 g/mol. The predicted octanol–water partition coefficient (Wildman–Crippen LogP) is 2.70. The number of piperidine rings is 1. The lowest BCUT2D eigenvalue weighted by molar-refractivity contribution is 0.180. The molecule has 3 saturated heterocycles. The molecule has 19 heavy (non-hydrogen) atoms. The van der Waals surface area contributed by atoms with Crippen molar-refractivity contribution >= 4 is 27.9 Å². The number of halogens is 1. The summed E-state index contributed by atoms with van der Waals surface area (Å²) in [7, 11) is 0. The van der Waals surface area contributed by atoms with Gasteiger partial charge in [-0.25, -0.2) is 8.72 Å². The number of anilines is 1. The second-order valence-electron chi connectivity index (χ2n) is 5.17. The Morgan fingerprint density at radius 1 is 1.11 bits per heavy atom. The van der Waals surface area contributed by atoms with Crippen LogP contribution in [0.25, 0.3) is 0 Å². The summed E-state index contributed by atoms with van der Waals surface area (Å²) in [6.45, 7) is 4.08. The molecule has 0 aromatic heterocycles. The van der Waals surface area contributed by atoms with Crippen LogP contribution in [0.3, 0.4) is 0 Å². The Kier molecular flexibility index (Phi) is 3.75. The first-order valence-corrected chi connectivity index (χ1v) is 7.50. The van der Waals surface area contributed by atoms with Gasteiger partial charge >= 0.3 is 6.03 Å². The zero-order valence-electron chi connectivity index (χ0n) is 10.8. The molecule has 0 saturated carbocycles. The number of fused-ring (bicyclic) bond motifs is 4. The van der Waals surface area contributed by atoms with E-state index >= 15 is 0 Å². The number of hydrogen-bond acceptors (Lipinski definition) is 2. The summed E-state index contributed by atoms with van der Waals surface area (Å²) in [5.41, 5.74) is 0.881. The van der Waals surface area contributed by atoms with Crippen molar-refractivity contribution in [1.29, 1.82) is 0 Å². The first-order chi connectivity index (χ1) is 9.25. The average Bonchev–Trinajstić information content (AvgIpc) is 2.80. The number of carbonyl (C=O) groups is 1. The molecule has 0 unspecified atom stereocenters. The molecule has 1 aromatic rings. The van der Waals surface area contributed by atoms with Gasteiger partial charge in [-0.15, -0.1) is 0 Å². The van der Waals surface area contributed by atoms with E-state index in [1.807, 2.05) is 35.2 Å². The number of benzene rings is 1. The molecule has 2 bridgehead atoms. The molecule has 2 amide bonds. The maximum atomic E-state index is 12.6. The molecule has 5 heteroatoms. The lowest BCUT2D eigenvalue weighted by Gasteiger charge is -2.33. The highest BCUT2D eigenvalue weighted by atomic mass is 79.9. The van der Waals surface area contributed by atoms with Crippen LogP contribution < -0.4 is 3.93 Å². The summed E-state index contributed by atoms with van der Waals surface area (Å²) in [6.07, 6.45) is 2.20. The Hall–Kier alpha value is -1.07. The van der Waals surface area contributed by atoms with Crippen LogP contribution in [0.1, 0.15) is 12.8 Å². The molecule has 3 aliphatic heterocycles. The molecular formula is C14H18BrN3O. The van der Waals surface area contributed by atoms with Gasteiger partial charge in [0.2, 0.25) is 0 Å². The topological polar surface area (TPSA) is 26.8 Å². The number of nitrogens with zero attached hydrogens (tertiary/aromatic N) is 3. The SMILES string of the molecule is O=C(N(Br)c1ccccc1)N1CCN2CCC1CC2. The Balaban J connectivity index is 1.76. The Morgan fingerprint density at radius 2 is 1.79 bits per heavy atom. The van der Waals surface area contributed by atoms with E-state index in [0.717, 1.165) is 44.7 Å². The van der Waals surface area contributed by atoms with Gasteiger partial charge in [0.25, 0.3) is 0 Å². The number of para-hydroxylation sites is 1. The third kappa shape index (κ3) is 2.62. The number of rotatable bonds is 1. The van der Waals surface area contributed by atoms with Crippen molar-refractivity contribution in [2.75, 3.05) is 30.1 Å². The standard InChI is InChI=1S/C14H18BrN3O/c15-18(13-4-2-1-3-5-13)14(19)17-11-10-16-8-6-12(17)7-9-16/h1-5,12H,6-11H2. The van der Waals surface area contributed by atoms with Gasteiger partial charge in [-0.1, -0.05) is 18.2 Å². The second kappa shape index (κ2) is 5.51. The summed E-state index contributed by atoms with van der Waals surface area (Å²) in [5.74, 6) is 0. The van der Waals surface area contributed by atoms with Crippen LogP contribution >= 0.6 is 16.1 Å². The minimum absolute atomic E-state index is 0.0555. The van der Waals surface area contributed by atoms with Crippen LogP contribution in [0, 0.1) is 0 Å². The summed E-state index contributed by atoms with van der Waals surface area (Å²) < 4.78 is 1.58. The molecule has 0 aliphatic carbocycles. The molecule has 4 rings (SSSR count). The van der Waals surface area contributed by atoms with E-state index in [1.165, 1.54) is 0 Å². The highest BCUT2D eigenvalue weighted by Crippen LogP contribution is 2.25. The Labute approximate surface area is 122 Å². The third-order valence-corrected chi connectivity index (χ3v) is 4.76. The first-order valence-electron chi connectivity index (χ1n) is 6.79. The van der Waals surface area contributed by atoms with Crippen LogP contribution in [0.5, 0.6) is 0 Å². The molecule has 102 valence electrons. The van der Waals surface area contributed by atoms with Crippen molar-refractivity contribution in [2.45, 2.75) is 18.9 Å². The van der Waals surface area contributed by atoms with E-state index < -0.39 is 0 Å². The van der Waals surface area contributed by atoms with Crippen LogP contribution in [0.4, 0.5) is 10.5 Å². The molecule has 0 radical (unpaired) electrons. The van der Waals surface area contributed by atoms with Crippen LogP contribution in [0.15, 0.2) is 30.3 Å². The Morgan fingerprint density at radius 3 is 2.47 bits per heavy atom. The maximum absolute atomic E-state index is 12.6. The van der Waals surface area contributed by atoms with Crippen LogP contribution in [-0.2, 0) is 0 Å². The normalized spacial score (nSPS) is 26.1. The van der Waals surface area contributed by atoms with Crippen molar-refractivity contribution in [3.63, 3.8) is 0 Å². The highest BCUT2D eigenvalue weighted by molar-refractivity contribution is 9.10. The molecule has 4 nitrogen and oxygen atoms in total. The largest absolute Gasteiger partial charge is 0.335 e. The lowest BCUT2D eigenvalue weighted by atomic mass is 10.1. The van der Waals surface area contributed by atoms with Gasteiger partial charge in [0.1, 0.15) is 0 Å². The number of amides is 2. The summed E-state index contributed by atoms with van der Waals surface area (Å²) in [6, 6.07) is 10.2. The zero-order valence-corrected chi connectivity index (χ0v) is 12.4. The average molecular weight is 324 g/mol. The fourth-order valence-electron chi connectivity index (χ4n) is 2.92. The fourth-order valence-corrected chi connectivity index (χ4v) is 3.36. The minimum Gasteiger partial charge on any atom is -0.319 e. The molecule has 3 aliphatic rings. The van der Waals surface area contributed by atoms with E-state index in [1.54, 1.807) is 3.93 Å².